The first-order valence-corrected chi connectivity index (χ1v) is 3.35. The Morgan fingerprint density at radius 1 is 1.11 bits per heavy atom. The molecule has 1 saturated carbocycles. The Morgan fingerprint density at radius 3 is 2.89 bits per heavy atom. The lowest BCUT2D eigenvalue weighted by Crippen LogP contribution is -2.26. The van der Waals surface area contributed by atoms with E-state index in [9.17, 15) is 5.11 Å². The van der Waals surface area contributed by atoms with E-state index in [0.717, 1.165) is 6.42 Å². The number of fused-ring (bicyclic) bond motifs is 3. The summed E-state index contributed by atoms with van der Waals surface area (Å²) in [5, 5.41) is 9.21. The van der Waals surface area contributed by atoms with Crippen LogP contribution in [0.15, 0.2) is 0 Å². The van der Waals surface area contributed by atoms with Crippen LogP contribution < -0.4 is 0 Å². The molecule has 3 fully saturated rings. The average molecular weight is 128 g/mol. The van der Waals surface area contributed by atoms with E-state index in [2.05, 4.69) is 0 Å². The standard InChI is InChI=1S/C6H8O3/c7-2-1-3-5(8-3)6-4(2)9-6/h2-7H,1H2/t2-,3+,4-,5+,6-/m1/s1. The fourth-order valence-corrected chi connectivity index (χ4v) is 1.72. The lowest BCUT2D eigenvalue weighted by molar-refractivity contribution is 0.117. The number of aliphatic hydroxyl groups is 1. The van der Waals surface area contributed by atoms with Gasteiger partial charge >= 0.3 is 0 Å². The molecular weight excluding hydrogens is 120 g/mol. The van der Waals surface area contributed by atoms with Gasteiger partial charge in [0.15, 0.2) is 0 Å². The minimum Gasteiger partial charge on any atom is -0.390 e. The minimum absolute atomic E-state index is 0.119. The summed E-state index contributed by atoms with van der Waals surface area (Å²) < 4.78 is 10.4. The van der Waals surface area contributed by atoms with Gasteiger partial charge in [-0.1, -0.05) is 0 Å². The molecule has 0 aromatic carbocycles. The molecule has 3 nitrogen and oxygen atoms in total. The van der Waals surface area contributed by atoms with E-state index in [1.54, 1.807) is 0 Å². The van der Waals surface area contributed by atoms with Crippen LogP contribution in [-0.4, -0.2) is 35.6 Å². The van der Waals surface area contributed by atoms with Gasteiger partial charge in [-0.15, -0.1) is 0 Å². The summed E-state index contributed by atoms with van der Waals surface area (Å²) in [5.41, 5.74) is 0. The number of hydrogen-bond acceptors (Lipinski definition) is 3. The van der Waals surface area contributed by atoms with Crippen LogP contribution in [0.1, 0.15) is 6.42 Å². The lowest BCUT2D eigenvalue weighted by atomic mass is 9.98. The molecule has 0 aromatic heterocycles. The van der Waals surface area contributed by atoms with Gasteiger partial charge in [-0.25, -0.2) is 0 Å². The molecular formula is C6H8O3. The highest BCUT2D eigenvalue weighted by Crippen LogP contribution is 2.47. The second-order valence-electron chi connectivity index (χ2n) is 3.01. The first kappa shape index (κ1) is 4.66. The zero-order valence-corrected chi connectivity index (χ0v) is 4.86. The van der Waals surface area contributed by atoms with Crippen molar-refractivity contribution in [3.05, 3.63) is 0 Å². The molecule has 50 valence electrons. The van der Waals surface area contributed by atoms with Gasteiger partial charge in [0.1, 0.15) is 18.3 Å². The van der Waals surface area contributed by atoms with Crippen LogP contribution in [0.4, 0.5) is 0 Å². The largest absolute Gasteiger partial charge is 0.390 e. The molecule has 0 amide bonds. The highest BCUT2D eigenvalue weighted by molar-refractivity contribution is 5.11. The number of ether oxygens (including phenoxy) is 2. The fourth-order valence-electron chi connectivity index (χ4n) is 1.72. The molecule has 3 aliphatic rings. The maximum absolute atomic E-state index is 9.21. The number of rotatable bonds is 0. The number of epoxide rings is 2. The Labute approximate surface area is 52.6 Å². The molecule has 1 aliphatic carbocycles. The van der Waals surface area contributed by atoms with Crippen molar-refractivity contribution < 1.29 is 14.6 Å². The molecule has 0 spiro atoms. The molecule has 0 bridgehead atoms. The van der Waals surface area contributed by atoms with Gasteiger partial charge in [-0.3, -0.25) is 0 Å². The summed E-state index contributed by atoms with van der Waals surface area (Å²) >= 11 is 0. The Morgan fingerprint density at radius 2 is 2.00 bits per heavy atom. The van der Waals surface area contributed by atoms with Crippen LogP contribution in [0.25, 0.3) is 0 Å². The average Bonchev–Trinajstić information content (AvgIpc) is 2.54. The highest BCUT2D eigenvalue weighted by Gasteiger charge is 2.64. The summed E-state index contributed by atoms with van der Waals surface area (Å²) in [7, 11) is 0. The maximum atomic E-state index is 9.21. The summed E-state index contributed by atoms with van der Waals surface area (Å²) in [4.78, 5) is 0. The van der Waals surface area contributed by atoms with Gasteiger partial charge in [0.05, 0.1) is 12.2 Å². The van der Waals surface area contributed by atoms with Gasteiger partial charge in [-0.05, 0) is 0 Å². The fraction of sp³-hybridized carbons (Fsp3) is 1.00. The van der Waals surface area contributed by atoms with E-state index >= 15 is 0 Å². The van der Waals surface area contributed by atoms with Gasteiger partial charge in [0.2, 0.25) is 0 Å². The summed E-state index contributed by atoms with van der Waals surface area (Å²) in [6.07, 6.45) is 1.57. The van der Waals surface area contributed by atoms with Crippen molar-refractivity contribution >= 4 is 0 Å². The van der Waals surface area contributed by atoms with E-state index in [0.29, 0.717) is 12.2 Å². The molecule has 3 heteroatoms. The highest BCUT2D eigenvalue weighted by atomic mass is 16.7. The van der Waals surface area contributed by atoms with Crippen LogP contribution in [-0.2, 0) is 9.47 Å². The van der Waals surface area contributed by atoms with E-state index in [1.165, 1.54) is 0 Å². The Kier molecular flexibility index (Phi) is 0.604. The van der Waals surface area contributed by atoms with Gasteiger partial charge in [0.25, 0.3) is 0 Å². The summed E-state index contributed by atoms with van der Waals surface area (Å²) in [5.74, 6) is 0. The molecule has 0 unspecified atom stereocenters. The third-order valence-electron chi connectivity index (χ3n) is 2.36. The van der Waals surface area contributed by atoms with Crippen LogP contribution in [0.3, 0.4) is 0 Å². The summed E-state index contributed by atoms with van der Waals surface area (Å²) in [6, 6.07) is 0. The SMILES string of the molecule is O[C@@H]1C[C@@H]2O[C@@H]2[C@@H]2O[C@@H]21. The molecule has 3 rings (SSSR count). The van der Waals surface area contributed by atoms with Crippen molar-refractivity contribution in [2.24, 2.45) is 0 Å². The first-order chi connectivity index (χ1) is 4.36. The van der Waals surface area contributed by atoms with Crippen LogP contribution in [0.5, 0.6) is 0 Å². The minimum atomic E-state index is -0.251. The molecule has 0 radical (unpaired) electrons. The summed E-state index contributed by atoms with van der Waals surface area (Å²) in [6.45, 7) is 0. The smallest absolute Gasteiger partial charge is 0.115 e. The molecule has 1 N–H and O–H groups in total. The van der Waals surface area contributed by atoms with Gasteiger partial charge in [0, 0.05) is 6.42 Å². The van der Waals surface area contributed by atoms with Gasteiger partial charge in [-0.2, -0.15) is 0 Å². The Balaban J connectivity index is 1.87. The third-order valence-corrected chi connectivity index (χ3v) is 2.36. The Hall–Kier alpha value is -0.120. The maximum Gasteiger partial charge on any atom is 0.115 e. The van der Waals surface area contributed by atoms with Gasteiger partial charge < -0.3 is 14.6 Å². The number of hydrogen-bond donors (Lipinski definition) is 1. The van der Waals surface area contributed by atoms with Crippen molar-refractivity contribution in [3.63, 3.8) is 0 Å². The first-order valence-electron chi connectivity index (χ1n) is 3.35. The number of aliphatic hydroxyl groups excluding tert-OH is 1. The molecule has 2 saturated heterocycles. The quantitative estimate of drug-likeness (QED) is 0.438. The second kappa shape index (κ2) is 1.17. The van der Waals surface area contributed by atoms with Crippen molar-refractivity contribution in [2.75, 3.05) is 0 Å². The zero-order chi connectivity index (χ0) is 6.01. The predicted molar refractivity (Wildman–Crippen MR) is 27.9 cm³/mol. The van der Waals surface area contributed by atoms with E-state index < -0.39 is 0 Å². The normalized spacial score (nSPS) is 68.3. The molecule has 5 atom stereocenters. The zero-order valence-electron chi connectivity index (χ0n) is 4.86. The molecule has 9 heavy (non-hydrogen) atoms. The van der Waals surface area contributed by atoms with Crippen molar-refractivity contribution in [2.45, 2.75) is 36.9 Å². The van der Waals surface area contributed by atoms with Crippen LogP contribution in [0.2, 0.25) is 0 Å². The third kappa shape index (κ3) is 0.478. The second-order valence-corrected chi connectivity index (χ2v) is 3.01. The van der Waals surface area contributed by atoms with Crippen molar-refractivity contribution in [1.29, 1.82) is 0 Å². The lowest BCUT2D eigenvalue weighted by Gasteiger charge is -2.06. The van der Waals surface area contributed by atoms with Crippen molar-refractivity contribution in [3.8, 4) is 0 Å². The van der Waals surface area contributed by atoms with E-state index in [-0.39, 0.29) is 18.3 Å². The molecule has 0 aromatic rings. The van der Waals surface area contributed by atoms with E-state index in [1.807, 2.05) is 0 Å². The van der Waals surface area contributed by atoms with Crippen molar-refractivity contribution in [1.82, 2.24) is 0 Å². The van der Waals surface area contributed by atoms with Crippen LogP contribution >= 0.6 is 0 Å². The Bertz CT molecular complexity index is 154. The molecule has 2 heterocycles. The van der Waals surface area contributed by atoms with Crippen LogP contribution in [0, 0.1) is 0 Å². The topological polar surface area (TPSA) is 45.3 Å². The monoisotopic (exact) mass is 128 g/mol. The molecule has 2 aliphatic heterocycles. The predicted octanol–water partition coefficient (Wildman–Crippen LogP) is -0.714. The van der Waals surface area contributed by atoms with E-state index in [4.69, 9.17) is 9.47 Å².